The molecule has 1 aromatic heterocycles. The number of nitrogens with zero attached hydrogens (tertiary/aromatic N) is 2. The number of rotatable bonds is 7. The Morgan fingerprint density at radius 2 is 1.76 bits per heavy atom. The zero-order valence-electron chi connectivity index (χ0n) is 16.9. The van der Waals surface area contributed by atoms with Crippen LogP contribution in [0.15, 0.2) is 54.6 Å². The summed E-state index contributed by atoms with van der Waals surface area (Å²) in [7, 11) is 1.81. The van der Waals surface area contributed by atoms with Crippen LogP contribution in [0.25, 0.3) is 16.0 Å². The SMILES string of the molecule is [C-]#[N+]c1c(-c2ccc(OCc3ccccc3)cc2)c(C(=O)OCC)n(C)c1CC. The van der Waals surface area contributed by atoms with Crippen LogP contribution in [0.5, 0.6) is 5.75 Å². The summed E-state index contributed by atoms with van der Waals surface area (Å²) in [6.45, 7) is 12.2. The summed E-state index contributed by atoms with van der Waals surface area (Å²) < 4.78 is 12.9. The molecule has 0 saturated carbocycles. The average molecular weight is 388 g/mol. The van der Waals surface area contributed by atoms with E-state index in [-0.39, 0.29) is 6.61 Å². The summed E-state index contributed by atoms with van der Waals surface area (Å²) in [4.78, 5) is 16.3. The van der Waals surface area contributed by atoms with Crippen LogP contribution in [-0.4, -0.2) is 17.1 Å². The molecule has 5 heteroatoms. The number of aromatic nitrogens is 1. The molecule has 5 nitrogen and oxygen atoms in total. The van der Waals surface area contributed by atoms with Crippen molar-refractivity contribution in [1.82, 2.24) is 4.57 Å². The molecule has 0 aliphatic heterocycles. The lowest BCUT2D eigenvalue weighted by atomic mass is 10.0. The highest BCUT2D eigenvalue weighted by Gasteiger charge is 2.26. The molecule has 0 spiro atoms. The number of esters is 1. The van der Waals surface area contributed by atoms with Gasteiger partial charge in [-0.05, 0) is 36.6 Å². The van der Waals surface area contributed by atoms with Gasteiger partial charge in [0.05, 0.1) is 13.2 Å². The minimum atomic E-state index is -0.418. The summed E-state index contributed by atoms with van der Waals surface area (Å²) in [5, 5.41) is 0. The topological polar surface area (TPSA) is 44.8 Å². The molecule has 2 aromatic carbocycles. The van der Waals surface area contributed by atoms with Crippen LogP contribution in [0.1, 0.15) is 35.6 Å². The largest absolute Gasteiger partial charge is 0.489 e. The summed E-state index contributed by atoms with van der Waals surface area (Å²) in [5.74, 6) is 0.310. The van der Waals surface area contributed by atoms with Crippen molar-refractivity contribution in [3.05, 3.63) is 83.0 Å². The van der Waals surface area contributed by atoms with E-state index in [2.05, 4.69) is 4.85 Å². The second-order valence-corrected chi connectivity index (χ2v) is 6.56. The molecule has 29 heavy (non-hydrogen) atoms. The summed E-state index contributed by atoms with van der Waals surface area (Å²) in [5.41, 5.74) is 4.23. The van der Waals surface area contributed by atoms with Crippen molar-refractivity contribution in [3.8, 4) is 16.9 Å². The molecule has 0 fully saturated rings. The maximum Gasteiger partial charge on any atom is 0.354 e. The Hall–Kier alpha value is -3.52. The third kappa shape index (κ3) is 4.17. The van der Waals surface area contributed by atoms with Crippen LogP contribution < -0.4 is 4.74 Å². The fraction of sp³-hybridized carbons (Fsp3) is 0.250. The van der Waals surface area contributed by atoms with Crippen molar-refractivity contribution in [2.45, 2.75) is 26.9 Å². The van der Waals surface area contributed by atoms with Crippen molar-refractivity contribution in [1.29, 1.82) is 0 Å². The van der Waals surface area contributed by atoms with Gasteiger partial charge in [0.25, 0.3) is 0 Å². The first kappa shape index (κ1) is 20.2. The van der Waals surface area contributed by atoms with Crippen LogP contribution in [-0.2, 0) is 24.8 Å². The zero-order valence-corrected chi connectivity index (χ0v) is 16.9. The molecule has 0 radical (unpaired) electrons. The first-order chi connectivity index (χ1) is 14.1. The Morgan fingerprint density at radius 3 is 2.34 bits per heavy atom. The number of ether oxygens (including phenoxy) is 2. The van der Waals surface area contributed by atoms with Gasteiger partial charge >= 0.3 is 5.97 Å². The first-order valence-corrected chi connectivity index (χ1v) is 9.63. The van der Waals surface area contributed by atoms with Crippen LogP contribution >= 0.6 is 0 Å². The highest BCUT2D eigenvalue weighted by Crippen LogP contribution is 2.40. The van der Waals surface area contributed by atoms with Crippen LogP contribution in [0.3, 0.4) is 0 Å². The molecule has 148 valence electrons. The molecule has 0 N–H and O–H groups in total. The van der Waals surface area contributed by atoms with E-state index in [0.29, 0.717) is 30.0 Å². The van der Waals surface area contributed by atoms with Gasteiger partial charge in [-0.15, -0.1) is 0 Å². The van der Waals surface area contributed by atoms with Gasteiger partial charge in [-0.3, -0.25) is 0 Å². The fourth-order valence-corrected chi connectivity index (χ4v) is 3.41. The van der Waals surface area contributed by atoms with Crippen molar-refractivity contribution in [2.24, 2.45) is 7.05 Å². The van der Waals surface area contributed by atoms with Gasteiger partial charge in [-0.1, -0.05) is 49.4 Å². The van der Waals surface area contributed by atoms with Crippen molar-refractivity contribution >= 4 is 11.7 Å². The summed E-state index contributed by atoms with van der Waals surface area (Å²) in [6.07, 6.45) is 0.652. The number of hydrogen-bond donors (Lipinski definition) is 0. The minimum Gasteiger partial charge on any atom is -0.489 e. The smallest absolute Gasteiger partial charge is 0.354 e. The predicted molar refractivity (Wildman–Crippen MR) is 113 cm³/mol. The van der Waals surface area contributed by atoms with E-state index < -0.39 is 5.97 Å². The fourth-order valence-electron chi connectivity index (χ4n) is 3.41. The van der Waals surface area contributed by atoms with Gasteiger partial charge in [0, 0.05) is 18.3 Å². The Morgan fingerprint density at radius 1 is 1.07 bits per heavy atom. The van der Waals surface area contributed by atoms with Crippen molar-refractivity contribution < 1.29 is 14.3 Å². The lowest BCUT2D eigenvalue weighted by Crippen LogP contribution is -2.12. The van der Waals surface area contributed by atoms with E-state index in [0.717, 1.165) is 22.6 Å². The molecule has 0 unspecified atom stereocenters. The second kappa shape index (κ2) is 9.11. The molecule has 3 rings (SSSR count). The quantitative estimate of drug-likeness (QED) is 0.393. The maximum atomic E-state index is 12.6. The molecule has 0 bridgehead atoms. The Kier molecular flexibility index (Phi) is 6.36. The second-order valence-electron chi connectivity index (χ2n) is 6.56. The van der Waals surface area contributed by atoms with Crippen molar-refractivity contribution in [3.63, 3.8) is 0 Å². The number of benzene rings is 2. The van der Waals surface area contributed by atoms with Gasteiger partial charge in [0.2, 0.25) is 5.69 Å². The summed E-state index contributed by atoms with van der Waals surface area (Å²) >= 11 is 0. The van der Waals surface area contributed by atoms with E-state index in [4.69, 9.17) is 16.0 Å². The minimum absolute atomic E-state index is 0.282. The predicted octanol–water partition coefficient (Wildman–Crippen LogP) is 5.56. The van der Waals surface area contributed by atoms with Crippen LogP contribution in [0.2, 0.25) is 0 Å². The van der Waals surface area contributed by atoms with Crippen molar-refractivity contribution in [2.75, 3.05) is 6.61 Å². The zero-order chi connectivity index (χ0) is 20.8. The molecule has 0 aliphatic carbocycles. The normalized spacial score (nSPS) is 10.4. The Labute approximate surface area is 171 Å². The van der Waals surface area contributed by atoms with E-state index in [1.807, 2.05) is 61.5 Å². The molecule has 0 amide bonds. The van der Waals surface area contributed by atoms with Gasteiger partial charge in [0.15, 0.2) is 0 Å². The molecule has 0 aliphatic rings. The maximum absolute atomic E-state index is 12.6. The highest BCUT2D eigenvalue weighted by atomic mass is 16.5. The Bertz CT molecular complexity index is 1030. The lowest BCUT2D eigenvalue weighted by molar-refractivity contribution is 0.0516. The number of hydrogen-bond acceptors (Lipinski definition) is 3. The third-order valence-corrected chi connectivity index (χ3v) is 4.79. The number of carbonyl (C=O) groups is 1. The Balaban J connectivity index is 1.95. The molecular weight excluding hydrogens is 364 g/mol. The van der Waals surface area contributed by atoms with Gasteiger partial charge < -0.3 is 14.0 Å². The first-order valence-electron chi connectivity index (χ1n) is 9.63. The highest BCUT2D eigenvalue weighted by molar-refractivity contribution is 6.01. The lowest BCUT2D eigenvalue weighted by Gasteiger charge is -2.10. The average Bonchev–Trinajstić information content (AvgIpc) is 3.05. The van der Waals surface area contributed by atoms with Gasteiger partial charge in [-0.25, -0.2) is 9.64 Å². The number of carbonyl (C=O) groups excluding carboxylic acids is 1. The van der Waals surface area contributed by atoms with E-state index in [9.17, 15) is 4.79 Å². The van der Waals surface area contributed by atoms with Crippen LogP contribution in [0, 0.1) is 6.57 Å². The molecule has 0 saturated heterocycles. The van der Waals surface area contributed by atoms with Gasteiger partial charge in [-0.2, -0.15) is 0 Å². The third-order valence-electron chi connectivity index (χ3n) is 4.79. The standard InChI is InChI=1S/C24H24N2O3/c1-5-20-22(25-3)21(23(26(20)4)24(27)28-6-2)18-12-14-19(15-13-18)29-16-17-10-8-7-9-11-17/h7-15H,5-6,16H2,1-2,4H3. The van der Waals surface area contributed by atoms with E-state index in [1.54, 1.807) is 18.5 Å². The molecule has 3 aromatic rings. The molecule has 1 heterocycles. The van der Waals surface area contributed by atoms with E-state index in [1.165, 1.54) is 0 Å². The monoisotopic (exact) mass is 388 g/mol. The van der Waals surface area contributed by atoms with E-state index >= 15 is 0 Å². The van der Waals surface area contributed by atoms with Gasteiger partial charge in [0.1, 0.15) is 18.1 Å². The summed E-state index contributed by atoms with van der Waals surface area (Å²) in [6, 6.07) is 17.4. The van der Waals surface area contributed by atoms with Crippen LogP contribution in [0.4, 0.5) is 5.69 Å². The molecule has 0 atom stereocenters. The molecular formula is C24H24N2O3.